The minimum Gasteiger partial charge on any atom is -0.382 e. The van der Waals surface area contributed by atoms with Crippen LogP contribution < -0.4 is 11.1 Å². The summed E-state index contributed by atoms with van der Waals surface area (Å²) in [4.78, 5) is 14.6. The third kappa shape index (κ3) is 3.83. The molecule has 0 unspecified atom stereocenters. The van der Waals surface area contributed by atoms with Crippen LogP contribution in [0.15, 0.2) is 30.3 Å². The predicted molar refractivity (Wildman–Crippen MR) is 90.3 cm³/mol. The fraction of sp³-hybridized carbons (Fsp3) is 0.375. The summed E-state index contributed by atoms with van der Waals surface area (Å²) in [6, 6.07) is 9.48. The molecule has 0 bridgehead atoms. The molecule has 6 nitrogen and oxygen atoms in total. The Bertz CT molecular complexity index is 663. The molecule has 1 aromatic heterocycles. The van der Waals surface area contributed by atoms with E-state index in [2.05, 4.69) is 20.4 Å². The van der Waals surface area contributed by atoms with Gasteiger partial charge in [0.2, 0.25) is 0 Å². The second-order valence-corrected chi connectivity index (χ2v) is 6.16. The van der Waals surface area contributed by atoms with Gasteiger partial charge in [-0.2, -0.15) is 5.10 Å². The second-order valence-electron chi connectivity index (χ2n) is 5.73. The van der Waals surface area contributed by atoms with Crippen LogP contribution in [-0.4, -0.2) is 40.6 Å². The Kier molecular flexibility index (Phi) is 4.83. The Labute approximate surface area is 140 Å². The highest BCUT2D eigenvalue weighted by molar-refractivity contribution is 6.30. The number of nitrogen functional groups attached to an aromatic ring is 1. The lowest BCUT2D eigenvalue weighted by molar-refractivity contribution is 0.0933. The summed E-state index contributed by atoms with van der Waals surface area (Å²) in [6.07, 6.45) is 2.38. The van der Waals surface area contributed by atoms with Crippen molar-refractivity contribution >= 4 is 23.3 Å². The maximum absolute atomic E-state index is 12.2. The van der Waals surface area contributed by atoms with Gasteiger partial charge < -0.3 is 11.1 Å². The van der Waals surface area contributed by atoms with Crippen LogP contribution in [0, 0.1) is 0 Å². The van der Waals surface area contributed by atoms with E-state index in [0.717, 1.165) is 18.7 Å². The highest BCUT2D eigenvalue weighted by atomic mass is 35.5. The molecule has 2 aromatic rings. The molecule has 0 spiro atoms. The van der Waals surface area contributed by atoms with Crippen LogP contribution in [0.5, 0.6) is 0 Å². The Morgan fingerprint density at radius 3 is 2.65 bits per heavy atom. The number of nitrogens with two attached hydrogens (primary N) is 1. The van der Waals surface area contributed by atoms with Crippen molar-refractivity contribution in [2.75, 3.05) is 25.4 Å². The van der Waals surface area contributed by atoms with E-state index in [1.165, 1.54) is 18.9 Å². The Balaban J connectivity index is 1.71. The van der Waals surface area contributed by atoms with Gasteiger partial charge in [0.05, 0.1) is 6.04 Å². The molecule has 7 heteroatoms. The van der Waals surface area contributed by atoms with Crippen LogP contribution in [0.4, 0.5) is 5.82 Å². The first-order chi connectivity index (χ1) is 11.1. The maximum Gasteiger partial charge on any atom is 0.269 e. The van der Waals surface area contributed by atoms with E-state index in [-0.39, 0.29) is 11.9 Å². The van der Waals surface area contributed by atoms with Gasteiger partial charge in [0.15, 0.2) is 0 Å². The molecule has 0 saturated carbocycles. The molecule has 1 aromatic carbocycles. The van der Waals surface area contributed by atoms with Crippen molar-refractivity contribution in [3.8, 4) is 0 Å². The lowest BCUT2D eigenvalue weighted by atomic mass is 10.1. The smallest absolute Gasteiger partial charge is 0.269 e. The number of hydrogen-bond donors (Lipinski definition) is 3. The number of amides is 1. The van der Waals surface area contributed by atoms with Gasteiger partial charge in [0.1, 0.15) is 11.5 Å². The highest BCUT2D eigenvalue weighted by Crippen LogP contribution is 2.25. The molecule has 1 fully saturated rings. The fourth-order valence-corrected chi connectivity index (χ4v) is 3.06. The van der Waals surface area contributed by atoms with Crippen molar-refractivity contribution in [1.29, 1.82) is 0 Å². The number of halogens is 1. The van der Waals surface area contributed by atoms with E-state index in [1.54, 1.807) is 0 Å². The Hall–Kier alpha value is -2.05. The summed E-state index contributed by atoms with van der Waals surface area (Å²) < 4.78 is 0. The summed E-state index contributed by atoms with van der Waals surface area (Å²) >= 11 is 5.98. The SMILES string of the molecule is Nc1cc(C(=O)NC[C@H](c2ccc(Cl)cc2)N2CCCC2)[nH]n1. The van der Waals surface area contributed by atoms with E-state index in [0.29, 0.717) is 23.1 Å². The minimum atomic E-state index is -0.202. The average molecular weight is 334 g/mol. The molecule has 1 aliphatic rings. The van der Waals surface area contributed by atoms with Gasteiger partial charge in [0, 0.05) is 17.6 Å². The number of benzene rings is 1. The Morgan fingerprint density at radius 2 is 2.04 bits per heavy atom. The van der Waals surface area contributed by atoms with Gasteiger partial charge in [-0.05, 0) is 43.6 Å². The largest absolute Gasteiger partial charge is 0.382 e. The van der Waals surface area contributed by atoms with E-state index in [4.69, 9.17) is 17.3 Å². The maximum atomic E-state index is 12.2. The van der Waals surface area contributed by atoms with Crippen molar-refractivity contribution in [2.45, 2.75) is 18.9 Å². The zero-order chi connectivity index (χ0) is 16.2. The lowest BCUT2D eigenvalue weighted by Crippen LogP contribution is -2.36. The van der Waals surface area contributed by atoms with Crippen molar-refractivity contribution in [1.82, 2.24) is 20.4 Å². The standard InChI is InChI=1S/C16H20ClN5O/c17-12-5-3-11(4-6-12)14(22-7-1-2-8-22)10-19-16(23)13-9-15(18)21-20-13/h3-6,9,14H,1-2,7-8,10H2,(H,19,23)(H3,18,20,21)/t14-/m1/s1. The molecule has 122 valence electrons. The number of rotatable bonds is 5. The van der Waals surface area contributed by atoms with Crippen LogP contribution in [0.25, 0.3) is 0 Å². The van der Waals surface area contributed by atoms with Crippen LogP contribution in [0.3, 0.4) is 0 Å². The summed E-state index contributed by atoms with van der Waals surface area (Å²) in [5.41, 5.74) is 7.06. The number of aromatic amines is 1. The quantitative estimate of drug-likeness (QED) is 0.783. The average Bonchev–Trinajstić information content (AvgIpc) is 3.21. The monoisotopic (exact) mass is 333 g/mol. The first kappa shape index (κ1) is 15.8. The predicted octanol–water partition coefficient (Wildman–Crippen LogP) is 2.21. The van der Waals surface area contributed by atoms with Gasteiger partial charge in [-0.3, -0.25) is 14.8 Å². The molecule has 23 heavy (non-hydrogen) atoms. The lowest BCUT2D eigenvalue weighted by Gasteiger charge is -2.28. The molecule has 3 rings (SSSR count). The molecule has 0 aliphatic carbocycles. The summed E-state index contributed by atoms with van der Waals surface area (Å²) in [5.74, 6) is 0.108. The molecular weight excluding hydrogens is 314 g/mol. The van der Waals surface area contributed by atoms with E-state index >= 15 is 0 Å². The number of nitrogens with one attached hydrogen (secondary N) is 2. The van der Waals surface area contributed by atoms with Crippen LogP contribution in [0.2, 0.25) is 5.02 Å². The van der Waals surface area contributed by atoms with Gasteiger partial charge in [-0.1, -0.05) is 23.7 Å². The number of hydrogen-bond acceptors (Lipinski definition) is 4. The minimum absolute atomic E-state index is 0.138. The number of aromatic nitrogens is 2. The summed E-state index contributed by atoms with van der Waals surface area (Å²) in [7, 11) is 0. The number of carbonyl (C=O) groups is 1. The summed E-state index contributed by atoms with van der Waals surface area (Å²) in [5, 5.41) is 10.1. The molecule has 1 aliphatic heterocycles. The molecule has 4 N–H and O–H groups in total. The van der Waals surface area contributed by atoms with Crippen LogP contribution in [0.1, 0.15) is 34.9 Å². The highest BCUT2D eigenvalue weighted by Gasteiger charge is 2.24. The molecule has 1 saturated heterocycles. The van der Waals surface area contributed by atoms with Crippen molar-refractivity contribution in [3.05, 3.63) is 46.6 Å². The third-order valence-corrected chi connectivity index (χ3v) is 4.39. The van der Waals surface area contributed by atoms with E-state index in [1.807, 2.05) is 24.3 Å². The number of carbonyl (C=O) groups excluding carboxylic acids is 1. The van der Waals surface area contributed by atoms with Gasteiger partial charge >= 0.3 is 0 Å². The number of anilines is 1. The first-order valence-electron chi connectivity index (χ1n) is 7.72. The number of likely N-dealkylation sites (tertiary alicyclic amines) is 1. The van der Waals surface area contributed by atoms with Crippen LogP contribution in [-0.2, 0) is 0 Å². The summed E-state index contributed by atoms with van der Waals surface area (Å²) in [6.45, 7) is 2.61. The van der Waals surface area contributed by atoms with E-state index in [9.17, 15) is 4.79 Å². The third-order valence-electron chi connectivity index (χ3n) is 4.13. The van der Waals surface area contributed by atoms with Gasteiger partial charge in [-0.15, -0.1) is 0 Å². The molecule has 1 amide bonds. The normalized spacial score (nSPS) is 16.4. The molecule has 2 heterocycles. The van der Waals surface area contributed by atoms with E-state index < -0.39 is 0 Å². The Morgan fingerprint density at radius 1 is 1.35 bits per heavy atom. The topological polar surface area (TPSA) is 87.0 Å². The first-order valence-corrected chi connectivity index (χ1v) is 8.10. The molecule has 1 atom stereocenters. The van der Waals surface area contributed by atoms with Crippen molar-refractivity contribution in [3.63, 3.8) is 0 Å². The zero-order valence-electron chi connectivity index (χ0n) is 12.8. The van der Waals surface area contributed by atoms with Crippen molar-refractivity contribution < 1.29 is 4.79 Å². The number of nitrogens with zero attached hydrogens (tertiary/aromatic N) is 2. The number of H-pyrrole nitrogens is 1. The fourth-order valence-electron chi connectivity index (χ4n) is 2.93. The molecule has 0 radical (unpaired) electrons. The van der Waals surface area contributed by atoms with Crippen LogP contribution >= 0.6 is 11.6 Å². The van der Waals surface area contributed by atoms with Gasteiger partial charge in [0.25, 0.3) is 5.91 Å². The second kappa shape index (κ2) is 7.02. The van der Waals surface area contributed by atoms with Crippen molar-refractivity contribution in [2.24, 2.45) is 0 Å². The zero-order valence-corrected chi connectivity index (χ0v) is 13.5. The van der Waals surface area contributed by atoms with Gasteiger partial charge in [-0.25, -0.2) is 0 Å². The molecular formula is C16H20ClN5O.